The lowest BCUT2D eigenvalue weighted by molar-refractivity contribution is -0.385. The number of nitro benzene ring substituents is 1. The molecule has 3 aromatic carbocycles. The van der Waals surface area contributed by atoms with Crippen LogP contribution >= 0.6 is 15.9 Å². The fraction of sp³-hybridized carbons (Fsp3) is 0.185. The van der Waals surface area contributed by atoms with Gasteiger partial charge in [0.2, 0.25) is 5.75 Å². The van der Waals surface area contributed by atoms with Gasteiger partial charge in [-0.05, 0) is 42.5 Å². The number of anilines is 1. The summed E-state index contributed by atoms with van der Waals surface area (Å²) in [5.41, 5.74) is 0.0566. The molecular formula is C27H23BrFN5O6. The molecule has 0 saturated carbocycles. The second-order valence-electron chi connectivity index (χ2n) is 8.82. The van der Waals surface area contributed by atoms with E-state index in [9.17, 15) is 24.1 Å². The number of nitrogens with zero attached hydrogens (tertiary/aromatic N) is 4. The predicted molar refractivity (Wildman–Crippen MR) is 151 cm³/mol. The Kier molecular flexibility index (Phi) is 8.53. The van der Waals surface area contributed by atoms with Gasteiger partial charge in [0, 0.05) is 27.7 Å². The molecule has 1 heterocycles. The van der Waals surface area contributed by atoms with Gasteiger partial charge >= 0.3 is 5.69 Å². The largest absolute Gasteiger partial charge is 0.493 e. The first-order valence-electron chi connectivity index (χ1n) is 11.9. The van der Waals surface area contributed by atoms with Crippen molar-refractivity contribution in [3.05, 3.63) is 96.7 Å². The Labute approximate surface area is 235 Å². The minimum atomic E-state index is -0.694. The molecule has 1 aromatic heterocycles. The molecule has 13 heteroatoms. The first kappa shape index (κ1) is 28.4. The highest BCUT2D eigenvalue weighted by molar-refractivity contribution is 9.10. The molecule has 206 valence electrons. The Hall–Kier alpha value is -4.65. The number of hydrogen-bond donors (Lipinski definition) is 1. The van der Waals surface area contributed by atoms with Crippen LogP contribution in [0.15, 0.2) is 69.0 Å². The summed E-state index contributed by atoms with van der Waals surface area (Å²) in [6, 6.07) is 13.0. The quantitative estimate of drug-likeness (QED) is 0.155. The summed E-state index contributed by atoms with van der Waals surface area (Å²) in [6.07, 6.45) is 1.27. The molecule has 0 unspecified atom stereocenters. The van der Waals surface area contributed by atoms with E-state index in [1.807, 2.05) is 13.8 Å². The van der Waals surface area contributed by atoms with Crippen molar-refractivity contribution in [3.8, 4) is 11.5 Å². The number of fused-ring (bicyclic) bond motifs is 1. The molecule has 1 N–H and O–H groups in total. The molecule has 40 heavy (non-hydrogen) atoms. The highest BCUT2D eigenvalue weighted by Gasteiger charge is 2.23. The number of ether oxygens (including phenoxy) is 2. The second kappa shape index (κ2) is 12.0. The number of rotatable bonds is 9. The van der Waals surface area contributed by atoms with E-state index in [0.29, 0.717) is 21.2 Å². The maximum absolute atomic E-state index is 13.4. The van der Waals surface area contributed by atoms with E-state index in [1.54, 1.807) is 18.2 Å². The SMILES string of the molecule is COc1cc(C=Nn2c(C(C)C)nc3ccc(Br)cc3c2=O)cc([N+](=O)[O-])c1OCC(=O)Nc1cccc(F)c1. The molecule has 0 atom stereocenters. The molecule has 0 bridgehead atoms. The highest BCUT2D eigenvalue weighted by atomic mass is 79.9. The van der Waals surface area contributed by atoms with Crippen molar-refractivity contribution < 1.29 is 23.6 Å². The maximum atomic E-state index is 13.4. The van der Waals surface area contributed by atoms with Crippen LogP contribution in [0.5, 0.6) is 11.5 Å². The van der Waals surface area contributed by atoms with Gasteiger partial charge < -0.3 is 14.8 Å². The van der Waals surface area contributed by atoms with Crippen molar-refractivity contribution in [3.63, 3.8) is 0 Å². The summed E-state index contributed by atoms with van der Waals surface area (Å²) < 4.78 is 26.0. The Morgan fingerprint density at radius 3 is 2.70 bits per heavy atom. The second-order valence-corrected chi connectivity index (χ2v) is 9.74. The zero-order valence-corrected chi connectivity index (χ0v) is 23.1. The standard InChI is InChI=1S/C27H23BrFN5O6/c1-15(2)26-32-21-8-7-17(28)11-20(21)27(36)33(26)30-13-16-9-22(34(37)38)25(23(10-16)39-3)40-14-24(35)31-19-6-4-5-18(29)12-19/h4-13,15H,14H2,1-3H3,(H,31,35). The van der Waals surface area contributed by atoms with Crippen molar-refractivity contribution in [2.75, 3.05) is 19.0 Å². The summed E-state index contributed by atoms with van der Waals surface area (Å²) in [7, 11) is 1.28. The van der Waals surface area contributed by atoms with Gasteiger partial charge in [-0.2, -0.15) is 9.78 Å². The van der Waals surface area contributed by atoms with Crippen LogP contribution in [0.4, 0.5) is 15.8 Å². The van der Waals surface area contributed by atoms with Gasteiger partial charge in [-0.25, -0.2) is 9.37 Å². The van der Waals surface area contributed by atoms with Crippen molar-refractivity contribution in [1.82, 2.24) is 9.66 Å². The number of hydrogen-bond acceptors (Lipinski definition) is 8. The van der Waals surface area contributed by atoms with E-state index in [2.05, 4.69) is 31.3 Å². The topological polar surface area (TPSA) is 138 Å². The van der Waals surface area contributed by atoms with E-state index in [4.69, 9.17) is 9.47 Å². The van der Waals surface area contributed by atoms with E-state index in [-0.39, 0.29) is 28.7 Å². The third kappa shape index (κ3) is 6.31. The molecular weight excluding hydrogens is 589 g/mol. The van der Waals surface area contributed by atoms with Crippen molar-refractivity contribution in [2.45, 2.75) is 19.8 Å². The number of carbonyl (C=O) groups excluding carboxylic acids is 1. The van der Waals surface area contributed by atoms with Gasteiger partial charge in [-0.3, -0.25) is 19.7 Å². The number of amides is 1. The fourth-order valence-corrected chi connectivity index (χ4v) is 4.15. The lowest BCUT2D eigenvalue weighted by Gasteiger charge is -2.13. The van der Waals surface area contributed by atoms with Crippen LogP contribution in [0.25, 0.3) is 10.9 Å². The van der Waals surface area contributed by atoms with Crippen molar-refractivity contribution >= 4 is 50.3 Å². The Bertz CT molecular complexity index is 1710. The van der Waals surface area contributed by atoms with Gasteiger partial charge in [-0.1, -0.05) is 35.8 Å². The first-order chi connectivity index (χ1) is 19.1. The van der Waals surface area contributed by atoms with Crippen LogP contribution in [0, 0.1) is 15.9 Å². The average Bonchev–Trinajstić information content (AvgIpc) is 2.91. The van der Waals surface area contributed by atoms with E-state index >= 15 is 0 Å². The molecule has 0 aliphatic carbocycles. The summed E-state index contributed by atoms with van der Waals surface area (Å²) in [4.78, 5) is 41.3. The summed E-state index contributed by atoms with van der Waals surface area (Å²) in [5, 5.41) is 19.0. The van der Waals surface area contributed by atoms with E-state index in [1.165, 1.54) is 43.7 Å². The molecule has 1 amide bonds. The molecule has 0 aliphatic rings. The third-order valence-electron chi connectivity index (χ3n) is 5.60. The van der Waals surface area contributed by atoms with Crippen LogP contribution in [0.3, 0.4) is 0 Å². The van der Waals surface area contributed by atoms with Gasteiger partial charge in [0.25, 0.3) is 11.5 Å². The van der Waals surface area contributed by atoms with Gasteiger partial charge in [0.1, 0.15) is 11.6 Å². The van der Waals surface area contributed by atoms with Gasteiger partial charge in [-0.15, -0.1) is 0 Å². The number of nitro groups is 1. The highest BCUT2D eigenvalue weighted by Crippen LogP contribution is 2.38. The number of carbonyl (C=O) groups is 1. The van der Waals surface area contributed by atoms with E-state index < -0.39 is 34.5 Å². The van der Waals surface area contributed by atoms with Crippen LogP contribution in [0.1, 0.15) is 31.2 Å². The number of halogens is 2. The smallest absolute Gasteiger partial charge is 0.315 e. The molecule has 0 radical (unpaired) electrons. The Morgan fingerprint density at radius 1 is 1.25 bits per heavy atom. The number of methoxy groups -OCH3 is 1. The molecule has 0 aliphatic heterocycles. The molecule has 4 rings (SSSR count). The molecule has 0 fully saturated rings. The predicted octanol–water partition coefficient (Wildman–Crippen LogP) is 5.24. The Morgan fingerprint density at radius 2 is 2.02 bits per heavy atom. The number of aromatic nitrogens is 2. The first-order valence-corrected chi connectivity index (χ1v) is 12.7. The van der Waals surface area contributed by atoms with Crippen molar-refractivity contribution in [2.24, 2.45) is 5.10 Å². The minimum absolute atomic E-state index is 0.0359. The Balaban J connectivity index is 1.66. The lowest BCUT2D eigenvalue weighted by Crippen LogP contribution is -2.23. The van der Waals surface area contributed by atoms with Crippen LogP contribution < -0.4 is 20.3 Å². The molecule has 0 spiro atoms. The lowest BCUT2D eigenvalue weighted by atomic mass is 10.1. The fourth-order valence-electron chi connectivity index (χ4n) is 3.79. The van der Waals surface area contributed by atoms with E-state index in [0.717, 1.165) is 10.7 Å². The third-order valence-corrected chi connectivity index (χ3v) is 6.10. The molecule has 11 nitrogen and oxygen atoms in total. The van der Waals surface area contributed by atoms with Gasteiger partial charge in [0.15, 0.2) is 12.4 Å². The maximum Gasteiger partial charge on any atom is 0.315 e. The molecule has 4 aromatic rings. The summed E-state index contributed by atoms with van der Waals surface area (Å²) in [5.74, 6) is -1.27. The van der Waals surface area contributed by atoms with Crippen LogP contribution in [-0.2, 0) is 4.79 Å². The molecule has 0 saturated heterocycles. The monoisotopic (exact) mass is 611 g/mol. The summed E-state index contributed by atoms with van der Waals surface area (Å²) in [6.45, 7) is 3.12. The zero-order chi connectivity index (χ0) is 29.0. The zero-order valence-electron chi connectivity index (χ0n) is 21.6. The van der Waals surface area contributed by atoms with Crippen LogP contribution in [0.2, 0.25) is 0 Å². The minimum Gasteiger partial charge on any atom is -0.493 e. The van der Waals surface area contributed by atoms with Gasteiger partial charge in [0.05, 0.1) is 29.2 Å². The normalized spacial score (nSPS) is 11.2. The number of benzene rings is 3. The average molecular weight is 612 g/mol. The van der Waals surface area contributed by atoms with Crippen molar-refractivity contribution in [1.29, 1.82) is 0 Å². The van der Waals surface area contributed by atoms with Crippen LogP contribution in [-0.4, -0.2) is 40.4 Å². The number of nitrogens with one attached hydrogen (secondary N) is 1. The summed E-state index contributed by atoms with van der Waals surface area (Å²) >= 11 is 3.36.